The van der Waals surface area contributed by atoms with Crippen molar-refractivity contribution < 1.29 is 4.74 Å². The Morgan fingerprint density at radius 3 is 2.71 bits per heavy atom. The molecular formula is C17H21N3O. The minimum absolute atomic E-state index is 0.403. The molecule has 0 heterocycles. The van der Waals surface area contributed by atoms with Gasteiger partial charge in [0.05, 0.1) is 6.54 Å². The van der Waals surface area contributed by atoms with Crippen LogP contribution in [0.5, 0.6) is 5.75 Å². The van der Waals surface area contributed by atoms with Gasteiger partial charge in [0.25, 0.3) is 0 Å². The Labute approximate surface area is 125 Å². The van der Waals surface area contributed by atoms with Gasteiger partial charge in [0, 0.05) is 5.69 Å². The summed E-state index contributed by atoms with van der Waals surface area (Å²) < 4.78 is 5.55. The first-order valence-corrected chi connectivity index (χ1v) is 7.11. The molecule has 2 aromatic rings. The number of aryl methyl sites for hydroxylation is 1. The summed E-state index contributed by atoms with van der Waals surface area (Å²) in [5.41, 5.74) is 8.08. The molecule has 4 heteroatoms. The topological polar surface area (TPSA) is 59.6 Å². The highest BCUT2D eigenvalue weighted by Gasteiger charge is 1.97. The van der Waals surface area contributed by atoms with Crippen LogP contribution < -0.4 is 15.8 Å². The molecule has 0 radical (unpaired) electrons. The quantitative estimate of drug-likeness (QED) is 0.486. The summed E-state index contributed by atoms with van der Waals surface area (Å²) in [6.45, 7) is 3.14. The van der Waals surface area contributed by atoms with Crippen LogP contribution in [0, 0.1) is 0 Å². The van der Waals surface area contributed by atoms with E-state index in [0.29, 0.717) is 19.1 Å². The van der Waals surface area contributed by atoms with Crippen molar-refractivity contribution >= 4 is 11.6 Å². The van der Waals surface area contributed by atoms with Gasteiger partial charge in [-0.05, 0) is 36.2 Å². The Morgan fingerprint density at radius 1 is 1.14 bits per heavy atom. The number of hydrogen-bond donors (Lipinski definition) is 2. The monoisotopic (exact) mass is 283 g/mol. The summed E-state index contributed by atoms with van der Waals surface area (Å²) in [5.74, 6) is 1.25. The fourth-order valence-electron chi connectivity index (χ4n) is 1.90. The van der Waals surface area contributed by atoms with Crippen LogP contribution in [0.4, 0.5) is 5.69 Å². The van der Waals surface area contributed by atoms with E-state index in [1.54, 1.807) is 0 Å². The lowest BCUT2D eigenvalue weighted by molar-refractivity contribution is 0.329. The van der Waals surface area contributed by atoms with Crippen LogP contribution in [0.3, 0.4) is 0 Å². The van der Waals surface area contributed by atoms with Gasteiger partial charge in [0.1, 0.15) is 12.4 Å². The predicted octanol–water partition coefficient (Wildman–Crippen LogP) is 3.05. The third-order valence-electron chi connectivity index (χ3n) is 2.99. The first kappa shape index (κ1) is 14.9. The van der Waals surface area contributed by atoms with Crippen LogP contribution in [0.25, 0.3) is 0 Å². The highest BCUT2D eigenvalue weighted by Crippen LogP contribution is 2.10. The number of nitrogens with one attached hydrogen (secondary N) is 1. The molecule has 0 spiro atoms. The number of anilines is 1. The van der Waals surface area contributed by atoms with E-state index in [1.807, 2.05) is 42.5 Å². The minimum atomic E-state index is 0.403. The molecule has 2 rings (SSSR count). The maximum absolute atomic E-state index is 5.86. The second-order valence-corrected chi connectivity index (χ2v) is 4.61. The summed E-state index contributed by atoms with van der Waals surface area (Å²) in [6.07, 6.45) is 0.998. The highest BCUT2D eigenvalue weighted by atomic mass is 16.5. The normalized spacial score (nSPS) is 11.2. The number of ether oxygens (including phenoxy) is 1. The van der Waals surface area contributed by atoms with Gasteiger partial charge in [-0.3, -0.25) is 0 Å². The molecule has 21 heavy (non-hydrogen) atoms. The van der Waals surface area contributed by atoms with Gasteiger partial charge in [0.2, 0.25) is 0 Å². The van der Waals surface area contributed by atoms with Gasteiger partial charge >= 0.3 is 0 Å². The molecule has 110 valence electrons. The molecule has 0 atom stereocenters. The van der Waals surface area contributed by atoms with Gasteiger partial charge in [-0.25, -0.2) is 4.99 Å². The lowest BCUT2D eigenvalue weighted by Crippen LogP contribution is -2.23. The van der Waals surface area contributed by atoms with Gasteiger partial charge in [0.15, 0.2) is 5.96 Å². The van der Waals surface area contributed by atoms with E-state index < -0.39 is 0 Å². The number of guanidine groups is 1. The molecule has 0 bridgehead atoms. The smallest absolute Gasteiger partial charge is 0.193 e. The van der Waals surface area contributed by atoms with Crippen molar-refractivity contribution in [2.45, 2.75) is 13.3 Å². The van der Waals surface area contributed by atoms with Crippen LogP contribution in [-0.4, -0.2) is 19.1 Å². The molecule has 0 saturated heterocycles. The first-order valence-electron chi connectivity index (χ1n) is 7.11. The average Bonchev–Trinajstić information content (AvgIpc) is 2.53. The minimum Gasteiger partial charge on any atom is -0.492 e. The van der Waals surface area contributed by atoms with Crippen molar-refractivity contribution in [3.05, 3.63) is 60.2 Å². The highest BCUT2D eigenvalue weighted by molar-refractivity contribution is 5.92. The molecule has 0 aliphatic carbocycles. The Hall–Kier alpha value is -2.49. The number of benzene rings is 2. The molecule has 4 nitrogen and oxygen atoms in total. The van der Waals surface area contributed by atoms with Gasteiger partial charge in [-0.2, -0.15) is 0 Å². The fourth-order valence-corrected chi connectivity index (χ4v) is 1.90. The first-order chi connectivity index (χ1) is 10.3. The van der Waals surface area contributed by atoms with E-state index in [-0.39, 0.29) is 0 Å². The van der Waals surface area contributed by atoms with Gasteiger partial charge in [-0.15, -0.1) is 0 Å². The molecule has 2 aromatic carbocycles. The van der Waals surface area contributed by atoms with E-state index in [2.05, 4.69) is 29.4 Å². The van der Waals surface area contributed by atoms with Crippen LogP contribution in [0.1, 0.15) is 12.5 Å². The average molecular weight is 283 g/mol. The zero-order chi connectivity index (χ0) is 14.9. The van der Waals surface area contributed by atoms with Gasteiger partial charge in [-0.1, -0.05) is 37.3 Å². The molecule has 0 fully saturated rings. The largest absolute Gasteiger partial charge is 0.492 e. The molecule has 0 saturated carbocycles. The third kappa shape index (κ3) is 5.18. The number of nitrogens with zero attached hydrogens (tertiary/aromatic N) is 1. The second-order valence-electron chi connectivity index (χ2n) is 4.61. The number of nitrogens with two attached hydrogens (primary N) is 1. The van der Waals surface area contributed by atoms with E-state index >= 15 is 0 Å². The van der Waals surface area contributed by atoms with E-state index in [4.69, 9.17) is 10.5 Å². The van der Waals surface area contributed by atoms with Crippen LogP contribution in [0.15, 0.2) is 59.6 Å². The van der Waals surface area contributed by atoms with E-state index in [0.717, 1.165) is 17.9 Å². The molecule has 0 unspecified atom stereocenters. The molecule has 0 aromatic heterocycles. The maximum Gasteiger partial charge on any atom is 0.193 e. The predicted molar refractivity (Wildman–Crippen MR) is 87.9 cm³/mol. The zero-order valence-electron chi connectivity index (χ0n) is 12.3. The molecular weight excluding hydrogens is 262 g/mol. The molecule has 0 amide bonds. The zero-order valence-corrected chi connectivity index (χ0v) is 12.3. The molecule has 3 N–H and O–H groups in total. The summed E-state index contributed by atoms with van der Waals surface area (Å²) in [7, 11) is 0. The second kappa shape index (κ2) is 7.94. The number of aliphatic imine (C=N–C) groups is 1. The maximum atomic E-state index is 5.86. The fraction of sp³-hybridized carbons (Fsp3) is 0.235. The lowest BCUT2D eigenvalue weighted by Gasteiger charge is -2.07. The summed E-state index contributed by atoms with van der Waals surface area (Å²) >= 11 is 0. The SMILES string of the molecule is CCc1cccc(NC(N)=NCCOc2ccccc2)c1. The van der Waals surface area contributed by atoms with Crippen LogP contribution >= 0.6 is 0 Å². The number of para-hydroxylation sites is 1. The Morgan fingerprint density at radius 2 is 1.95 bits per heavy atom. The van der Waals surface area contributed by atoms with Crippen molar-refractivity contribution in [3.63, 3.8) is 0 Å². The Balaban J connectivity index is 1.78. The third-order valence-corrected chi connectivity index (χ3v) is 2.99. The summed E-state index contributed by atoms with van der Waals surface area (Å²) in [4.78, 5) is 4.25. The van der Waals surface area contributed by atoms with Crippen molar-refractivity contribution in [2.24, 2.45) is 10.7 Å². The lowest BCUT2D eigenvalue weighted by atomic mass is 10.1. The van der Waals surface area contributed by atoms with Crippen LogP contribution in [0.2, 0.25) is 0 Å². The standard InChI is InChI=1S/C17H21N3O/c1-2-14-7-6-8-15(13-14)20-17(18)19-11-12-21-16-9-4-3-5-10-16/h3-10,13H,2,11-12H2,1H3,(H3,18,19,20). The molecule has 0 aliphatic rings. The van der Waals surface area contributed by atoms with Crippen molar-refractivity contribution in [2.75, 3.05) is 18.5 Å². The van der Waals surface area contributed by atoms with Gasteiger partial charge < -0.3 is 15.8 Å². The van der Waals surface area contributed by atoms with Crippen LogP contribution in [-0.2, 0) is 6.42 Å². The van der Waals surface area contributed by atoms with E-state index in [1.165, 1.54) is 5.56 Å². The summed E-state index contributed by atoms with van der Waals surface area (Å²) in [6, 6.07) is 17.8. The number of rotatable bonds is 6. The Kier molecular flexibility index (Phi) is 5.64. The molecule has 0 aliphatic heterocycles. The van der Waals surface area contributed by atoms with Crippen molar-refractivity contribution in [3.8, 4) is 5.75 Å². The van der Waals surface area contributed by atoms with Crippen molar-refractivity contribution in [1.29, 1.82) is 0 Å². The Bertz CT molecular complexity index is 582. The van der Waals surface area contributed by atoms with Crippen molar-refractivity contribution in [1.82, 2.24) is 0 Å². The summed E-state index contributed by atoms with van der Waals surface area (Å²) in [5, 5.41) is 3.09. The van der Waals surface area contributed by atoms with E-state index in [9.17, 15) is 0 Å². The number of hydrogen-bond acceptors (Lipinski definition) is 2.